The fourth-order valence-electron chi connectivity index (χ4n) is 2.51. The normalized spacial score (nSPS) is 11.4. The van der Waals surface area contributed by atoms with E-state index in [0.29, 0.717) is 6.61 Å². The highest BCUT2D eigenvalue weighted by atomic mass is 16.5. The lowest BCUT2D eigenvalue weighted by Gasteiger charge is -2.13. The lowest BCUT2D eigenvalue weighted by atomic mass is 10.1. The molecule has 0 fully saturated rings. The molecule has 2 rings (SSSR count). The predicted octanol–water partition coefficient (Wildman–Crippen LogP) is 3.66. The Kier molecular flexibility index (Phi) is 8.56. The van der Waals surface area contributed by atoms with Crippen molar-refractivity contribution in [3.8, 4) is 0 Å². The highest BCUT2D eigenvalue weighted by molar-refractivity contribution is 5.79. The summed E-state index contributed by atoms with van der Waals surface area (Å²) in [6.07, 6.45) is 2.09. The van der Waals surface area contributed by atoms with Gasteiger partial charge in [-0.15, -0.1) is 0 Å². The van der Waals surface area contributed by atoms with E-state index in [-0.39, 0.29) is 0 Å². The van der Waals surface area contributed by atoms with Crippen LogP contribution < -0.4 is 10.6 Å². The predicted molar refractivity (Wildman–Crippen MR) is 105 cm³/mol. The number of rotatable bonds is 9. The smallest absolute Gasteiger partial charge is 0.191 e. The summed E-state index contributed by atoms with van der Waals surface area (Å²) >= 11 is 0. The van der Waals surface area contributed by atoms with Crippen LogP contribution in [0, 0.1) is 6.92 Å². The number of nitrogens with one attached hydrogen (secondary N) is 2. The molecule has 0 spiro atoms. The Morgan fingerprint density at radius 2 is 1.72 bits per heavy atom. The maximum absolute atomic E-state index is 5.70. The van der Waals surface area contributed by atoms with Crippen molar-refractivity contribution in [2.24, 2.45) is 4.99 Å². The van der Waals surface area contributed by atoms with E-state index in [0.717, 1.165) is 38.5 Å². The second kappa shape index (κ2) is 11.3. The number of aliphatic imine (C=N–C) groups is 1. The summed E-state index contributed by atoms with van der Waals surface area (Å²) in [5, 5.41) is 6.71. The number of guanidine groups is 1. The second-order valence-corrected chi connectivity index (χ2v) is 6.02. The molecule has 0 unspecified atom stereocenters. The zero-order valence-corrected chi connectivity index (χ0v) is 15.3. The van der Waals surface area contributed by atoms with E-state index in [9.17, 15) is 0 Å². The average Bonchev–Trinajstić information content (AvgIpc) is 2.65. The van der Waals surface area contributed by atoms with E-state index in [1.165, 1.54) is 16.7 Å². The summed E-state index contributed by atoms with van der Waals surface area (Å²) < 4.78 is 5.70. The van der Waals surface area contributed by atoms with Crippen molar-refractivity contribution in [3.63, 3.8) is 0 Å². The zero-order valence-electron chi connectivity index (χ0n) is 15.3. The van der Waals surface area contributed by atoms with E-state index in [2.05, 4.69) is 58.9 Å². The van der Waals surface area contributed by atoms with E-state index < -0.39 is 0 Å². The summed E-state index contributed by atoms with van der Waals surface area (Å²) in [4.78, 5) is 4.27. The maximum atomic E-state index is 5.70. The van der Waals surface area contributed by atoms with Crippen LogP contribution in [-0.2, 0) is 17.9 Å². The minimum absolute atomic E-state index is 0.688. The van der Waals surface area contributed by atoms with Crippen LogP contribution in [0.25, 0.3) is 0 Å². The Labute approximate surface area is 151 Å². The molecule has 4 heteroatoms. The summed E-state index contributed by atoms with van der Waals surface area (Å²) in [7, 11) is 1.80. The lowest BCUT2D eigenvalue weighted by molar-refractivity contribution is 0.117. The van der Waals surface area contributed by atoms with Gasteiger partial charge in [0.05, 0.1) is 6.61 Å². The summed E-state index contributed by atoms with van der Waals surface area (Å²) in [5.41, 5.74) is 3.81. The number of hydrogen-bond acceptors (Lipinski definition) is 2. The van der Waals surface area contributed by atoms with Crippen LogP contribution >= 0.6 is 0 Å². The Bertz CT molecular complexity index is 641. The van der Waals surface area contributed by atoms with Gasteiger partial charge in [0.25, 0.3) is 0 Å². The van der Waals surface area contributed by atoms with Gasteiger partial charge in [-0.2, -0.15) is 0 Å². The van der Waals surface area contributed by atoms with Gasteiger partial charge in [-0.05, 0) is 36.5 Å². The van der Waals surface area contributed by atoms with Crippen molar-refractivity contribution in [1.29, 1.82) is 0 Å². The Hall–Kier alpha value is -2.33. The molecule has 0 radical (unpaired) electrons. The van der Waals surface area contributed by atoms with E-state index in [4.69, 9.17) is 4.74 Å². The number of unbranched alkanes of at least 4 members (excludes halogenated alkanes) is 1. The van der Waals surface area contributed by atoms with Crippen LogP contribution in [0.3, 0.4) is 0 Å². The van der Waals surface area contributed by atoms with Gasteiger partial charge in [-0.3, -0.25) is 4.99 Å². The topological polar surface area (TPSA) is 45.7 Å². The third-order valence-corrected chi connectivity index (χ3v) is 4.05. The molecule has 0 atom stereocenters. The highest BCUT2D eigenvalue weighted by Crippen LogP contribution is 2.06. The van der Waals surface area contributed by atoms with Crippen molar-refractivity contribution in [2.45, 2.75) is 32.9 Å². The molecule has 2 aromatic rings. The number of aryl methyl sites for hydroxylation is 1. The van der Waals surface area contributed by atoms with Gasteiger partial charge in [0.1, 0.15) is 0 Å². The van der Waals surface area contributed by atoms with E-state index in [1.54, 1.807) is 7.05 Å². The van der Waals surface area contributed by atoms with Crippen LogP contribution in [-0.4, -0.2) is 26.2 Å². The average molecular weight is 339 g/mol. The minimum atomic E-state index is 0.688. The minimum Gasteiger partial charge on any atom is -0.377 e. The first kappa shape index (κ1) is 19.0. The summed E-state index contributed by atoms with van der Waals surface area (Å²) in [5.74, 6) is 0.841. The first-order chi connectivity index (χ1) is 12.3. The number of nitrogens with zero attached hydrogens (tertiary/aromatic N) is 1. The van der Waals surface area contributed by atoms with Gasteiger partial charge in [0.15, 0.2) is 5.96 Å². The molecule has 2 aromatic carbocycles. The molecule has 4 nitrogen and oxygen atoms in total. The lowest BCUT2D eigenvalue weighted by Crippen LogP contribution is -2.37. The van der Waals surface area contributed by atoms with Gasteiger partial charge < -0.3 is 15.4 Å². The van der Waals surface area contributed by atoms with Crippen LogP contribution in [0.2, 0.25) is 0 Å². The van der Waals surface area contributed by atoms with Crippen molar-refractivity contribution in [1.82, 2.24) is 10.6 Å². The summed E-state index contributed by atoms with van der Waals surface area (Å²) in [6, 6.07) is 18.7. The van der Waals surface area contributed by atoms with Crippen molar-refractivity contribution < 1.29 is 4.74 Å². The molecule has 0 aliphatic carbocycles. The molecule has 134 valence electrons. The van der Waals surface area contributed by atoms with Crippen LogP contribution in [0.5, 0.6) is 0 Å². The molecule has 0 heterocycles. The largest absolute Gasteiger partial charge is 0.377 e. The number of hydrogen-bond donors (Lipinski definition) is 2. The second-order valence-electron chi connectivity index (χ2n) is 6.02. The Morgan fingerprint density at radius 3 is 2.48 bits per heavy atom. The zero-order chi connectivity index (χ0) is 17.7. The van der Waals surface area contributed by atoms with Crippen molar-refractivity contribution in [3.05, 3.63) is 71.3 Å². The Balaban J connectivity index is 1.55. The molecular weight excluding hydrogens is 310 g/mol. The number of benzene rings is 2. The molecule has 0 bridgehead atoms. The maximum Gasteiger partial charge on any atom is 0.191 e. The molecule has 0 amide bonds. The molecule has 0 aliphatic heterocycles. The third kappa shape index (κ3) is 7.40. The monoisotopic (exact) mass is 339 g/mol. The fraction of sp³-hybridized carbons (Fsp3) is 0.381. The van der Waals surface area contributed by atoms with E-state index >= 15 is 0 Å². The van der Waals surface area contributed by atoms with Crippen molar-refractivity contribution >= 4 is 5.96 Å². The SMILES string of the molecule is CN=C(NCCCCOCc1ccccc1)NCc1ccccc1C. The molecule has 2 N–H and O–H groups in total. The Morgan fingerprint density at radius 1 is 0.960 bits per heavy atom. The quantitative estimate of drug-likeness (QED) is 0.416. The van der Waals surface area contributed by atoms with E-state index in [1.807, 2.05) is 18.2 Å². The first-order valence-corrected chi connectivity index (χ1v) is 8.90. The van der Waals surface area contributed by atoms with Gasteiger partial charge in [-0.25, -0.2) is 0 Å². The van der Waals surface area contributed by atoms with Crippen molar-refractivity contribution in [2.75, 3.05) is 20.2 Å². The van der Waals surface area contributed by atoms with Crippen LogP contribution in [0.4, 0.5) is 0 Å². The van der Waals surface area contributed by atoms with Crippen LogP contribution in [0.1, 0.15) is 29.5 Å². The molecule has 0 saturated carbocycles. The van der Waals surface area contributed by atoms with Gasteiger partial charge in [-0.1, -0.05) is 54.6 Å². The first-order valence-electron chi connectivity index (χ1n) is 8.90. The molecule has 0 aromatic heterocycles. The van der Waals surface area contributed by atoms with Gasteiger partial charge in [0, 0.05) is 26.7 Å². The molecule has 0 aliphatic rings. The van der Waals surface area contributed by atoms with Gasteiger partial charge in [0.2, 0.25) is 0 Å². The third-order valence-electron chi connectivity index (χ3n) is 4.05. The van der Waals surface area contributed by atoms with Crippen LogP contribution in [0.15, 0.2) is 59.6 Å². The fourth-order valence-corrected chi connectivity index (χ4v) is 2.51. The molecule has 0 saturated heterocycles. The molecular formula is C21H29N3O. The van der Waals surface area contributed by atoms with Gasteiger partial charge >= 0.3 is 0 Å². The number of ether oxygens (including phenoxy) is 1. The highest BCUT2D eigenvalue weighted by Gasteiger charge is 2.00. The molecule has 25 heavy (non-hydrogen) atoms. The summed E-state index contributed by atoms with van der Waals surface area (Å²) in [6.45, 7) is 5.27. The standard InChI is InChI=1S/C21H29N3O/c1-18-10-6-7-13-20(18)16-24-21(22-2)23-14-8-9-15-25-17-19-11-4-3-5-12-19/h3-7,10-13H,8-9,14-17H2,1-2H3,(H2,22,23,24).